The van der Waals surface area contributed by atoms with Gasteiger partial charge in [0.05, 0.1) is 25.6 Å². The highest BCUT2D eigenvalue weighted by Crippen LogP contribution is 2.25. The van der Waals surface area contributed by atoms with Gasteiger partial charge in [0.1, 0.15) is 11.6 Å². The third-order valence-electron chi connectivity index (χ3n) is 2.77. The van der Waals surface area contributed by atoms with Crippen LogP contribution in [0.15, 0.2) is 18.2 Å². The van der Waals surface area contributed by atoms with Gasteiger partial charge in [0.15, 0.2) is 0 Å². The van der Waals surface area contributed by atoms with Crippen LogP contribution in [0.4, 0.5) is 4.39 Å². The Bertz CT molecular complexity index is 513. The minimum Gasteiger partial charge on any atom is -0.496 e. The Morgan fingerprint density at radius 3 is 2.57 bits per heavy atom. The maximum Gasteiger partial charge on any atom is 0.237 e. The number of hydrogen-bond donors (Lipinski definition) is 3. The monoisotopic (exact) mass is 319 g/mol. The number of carbonyl (C=O) groups is 2. The number of hydrogen-bond acceptors (Lipinski definition) is 4. The van der Waals surface area contributed by atoms with E-state index in [2.05, 4.69) is 5.32 Å². The lowest BCUT2D eigenvalue weighted by atomic mass is 10.1. The van der Waals surface area contributed by atoms with E-state index in [1.807, 2.05) is 0 Å². The molecule has 2 unspecified atom stereocenters. The van der Waals surface area contributed by atoms with Gasteiger partial charge in [-0.3, -0.25) is 9.59 Å². The first-order valence-corrected chi connectivity index (χ1v) is 6.02. The normalized spacial score (nSPS) is 12.8. The number of halogens is 2. The molecule has 21 heavy (non-hydrogen) atoms. The Balaban J connectivity index is 0.00000400. The molecule has 0 aromatic heterocycles. The van der Waals surface area contributed by atoms with E-state index in [0.717, 1.165) is 0 Å². The van der Waals surface area contributed by atoms with Crippen LogP contribution in [-0.4, -0.2) is 25.0 Å². The van der Waals surface area contributed by atoms with E-state index in [1.54, 1.807) is 6.92 Å². The van der Waals surface area contributed by atoms with Crippen LogP contribution in [0.25, 0.3) is 0 Å². The van der Waals surface area contributed by atoms with Gasteiger partial charge < -0.3 is 21.5 Å². The fourth-order valence-corrected chi connectivity index (χ4v) is 1.75. The molecule has 0 saturated carbocycles. The second-order valence-corrected chi connectivity index (χ2v) is 4.39. The summed E-state index contributed by atoms with van der Waals surface area (Å²) in [7, 11) is 1.45. The minimum atomic E-state index is -1.03. The van der Waals surface area contributed by atoms with Crippen LogP contribution in [0, 0.1) is 5.82 Å². The standard InChI is InChI=1S/C13H18FN3O3.ClH/c1-7(17-13(19)10(15)6-12(16)18)9-5-8(14)3-4-11(9)20-2;/h3-5,7,10H,6,15H2,1-2H3,(H2,16,18)(H,17,19);1H. The van der Waals surface area contributed by atoms with Crippen molar-refractivity contribution in [3.8, 4) is 5.75 Å². The highest BCUT2D eigenvalue weighted by Gasteiger charge is 2.20. The Labute approximate surface area is 128 Å². The van der Waals surface area contributed by atoms with Crippen LogP contribution >= 0.6 is 12.4 Å². The van der Waals surface area contributed by atoms with Gasteiger partial charge in [0, 0.05) is 5.56 Å². The molecule has 2 amide bonds. The van der Waals surface area contributed by atoms with Crippen molar-refractivity contribution in [2.75, 3.05) is 7.11 Å². The highest BCUT2D eigenvalue weighted by atomic mass is 35.5. The van der Waals surface area contributed by atoms with E-state index < -0.39 is 29.7 Å². The molecule has 0 aliphatic heterocycles. The number of carbonyl (C=O) groups excluding carboxylic acids is 2. The second-order valence-electron chi connectivity index (χ2n) is 4.39. The number of amides is 2. The van der Waals surface area contributed by atoms with Crippen molar-refractivity contribution in [3.63, 3.8) is 0 Å². The maximum atomic E-state index is 13.3. The van der Waals surface area contributed by atoms with E-state index in [-0.39, 0.29) is 18.8 Å². The highest BCUT2D eigenvalue weighted by molar-refractivity contribution is 5.87. The summed E-state index contributed by atoms with van der Waals surface area (Å²) in [4.78, 5) is 22.5. The van der Waals surface area contributed by atoms with Gasteiger partial charge in [-0.05, 0) is 25.1 Å². The van der Waals surface area contributed by atoms with Crippen molar-refractivity contribution in [2.45, 2.75) is 25.4 Å². The van der Waals surface area contributed by atoms with Gasteiger partial charge in [-0.15, -0.1) is 12.4 Å². The molecule has 0 saturated heterocycles. The number of benzene rings is 1. The first-order valence-electron chi connectivity index (χ1n) is 6.02. The van der Waals surface area contributed by atoms with Crippen LogP contribution in [0.3, 0.4) is 0 Å². The molecule has 118 valence electrons. The lowest BCUT2D eigenvalue weighted by Gasteiger charge is -2.19. The SMILES string of the molecule is COc1ccc(F)cc1C(C)NC(=O)C(N)CC(N)=O.Cl. The summed E-state index contributed by atoms with van der Waals surface area (Å²) >= 11 is 0. The molecule has 2 atom stereocenters. The summed E-state index contributed by atoms with van der Waals surface area (Å²) in [5.41, 5.74) is 11.0. The third-order valence-corrected chi connectivity index (χ3v) is 2.77. The molecule has 0 fully saturated rings. The lowest BCUT2D eigenvalue weighted by Crippen LogP contribution is -2.43. The van der Waals surface area contributed by atoms with Crippen LogP contribution in [0.2, 0.25) is 0 Å². The smallest absolute Gasteiger partial charge is 0.237 e. The van der Waals surface area contributed by atoms with Gasteiger partial charge in [-0.1, -0.05) is 0 Å². The quantitative estimate of drug-likeness (QED) is 0.715. The van der Waals surface area contributed by atoms with E-state index in [1.165, 1.54) is 25.3 Å². The molecule has 0 aliphatic rings. The van der Waals surface area contributed by atoms with Crippen molar-refractivity contribution >= 4 is 24.2 Å². The summed E-state index contributed by atoms with van der Waals surface area (Å²) in [5, 5.41) is 2.58. The summed E-state index contributed by atoms with van der Waals surface area (Å²) in [6.45, 7) is 1.66. The molecule has 0 aliphatic carbocycles. The summed E-state index contributed by atoms with van der Waals surface area (Å²) in [6, 6.07) is 2.44. The number of methoxy groups -OCH3 is 1. The first-order chi connectivity index (χ1) is 9.35. The van der Waals surface area contributed by atoms with E-state index in [4.69, 9.17) is 16.2 Å². The number of nitrogens with one attached hydrogen (secondary N) is 1. The van der Waals surface area contributed by atoms with Crippen LogP contribution < -0.4 is 21.5 Å². The molecule has 1 aromatic carbocycles. The zero-order valence-corrected chi connectivity index (χ0v) is 12.6. The zero-order valence-electron chi connectivity index (χ0n) is 11.8. The van der Waals surface area contributed by atoms with Gasteiger partial charge in [0.25, 0.3) is 0 Å². The summed E-state index contributed by atoms with van der Waals surface area (Å²) in [6.07, 6.45) is -0.251. The maximum absolute atomic E-state index is 13.3. The van der Waals surface area contributed by atoms with Gasteiger partial charge in [-0.2, -0.15) is 0 Å². The van der Waals surface area contributed by atoms with E-state index >= 15 is 0 Å². The third kappa shape index (κ3) is 5.57. The van der Waals surface area contributed by atoms with Gasteiger partial charge in [-0.25, -0.2) is 4.39 Å². The molecule has 6 nitrogen and oxygen atoms in total. The number of rotatable bonds is 6. The van der Waals surface area contributed by atoms with Gasteiger partial charge >= 0.3 is 0 Å². The fraction of sp³-hybridized carbons (Fsp3) is 0.385. The molecule has 0 heterocycles. The Kier molecular flexibility index (Phi) is 7.69. The Morgan fingerprint density at radius 2 is 2.05 bits per heavy atom. The number of primary amides is 1. The molecule has 0 radical (unpaired) electrons. The predicted molar refractivity (Wildman–Crippen MR) is 78.5 cm³/mol. The molecular formula is C13H19ClFN3O3. The Morgan fingerprint density at radius 1 is 1.43 bits per heavy atom. The first kappa shape index (κ1) is 19.1. The van der Waals surface area contributed by atoms with Crippen LogP contribution in [-0.2, 0) is 9.59 Å². The molecule has 0 spiro atoms. The van der Waals surface area contributed by atoms with Crippen LogP contribution in [0.5, 0.6) is 5.75 Å². The second kappa shape index (κ2) is 8.43. The largest absolute Gasteiger partial charge is 0.496 e. The minimum absolute atomic E-state index is 0. The lowest BCUT2D eigenvalue weighted by molar-refractivity contribution is -0.126. The molecule has 1 rings (SSSR count). The zero-order chi connectivity index (χ0) is 15.3. The molecular weight excluding hydrogens is 301 g/mol. The van der Waals surface area contributed by atoms with Crippen molar-refractivity contribution in [1.82, 2.24) is 5.32 Å². The molecule has 5 N–H and O–H groups in total. The average Bonchev–Trinajstić information content (AvgIpc) is 2.37. The topological polar surface area (TPSA) is 107 Å². The van der Waals surface area contributed by atoms with Crippen LogP contribution in [0.1, 0.15) is 24.9 Å². The fourth-order valence-electron chi connectivity index (χ4n) is 1.75. The Hall–Kier alpha value is -1.86. The predicted octanol–water partition coefficient (Wildman–Crippen LogP) is 0.636. The summed E-state index contributed by atoms with van der Waals surface area (Å²) < 4.78 is 18.4. The van der Waals surface area contributed by atoms with Gasteiger partial charge in [0.2, 0.25) is 11.8 Å². The summed E-state index contributed by atoms with van der Waals surface area (Å²) in [5.74, 6) is -1.20. The van der Waals surface area contributed by atoms with Crippen molar-refractivity contribution < 1.29 is 18.7 Å². The molecule has 8 heteroatoms. The van der Waals surface area contributed by atoms with Crippen molar-refractivity contribution in [2.24, 2.45) is 11.5 Å². The van der Waals surface area contributed by atoms with Crippen molar-refractivity contribution in [1.29, 1.82) is 0 Å². The number of ether oxygens (including phenoxy) is 1. The average molecular weight is 320 g/mol. The number of nitrogens with two attached hydrogens (primary N) is 2. The molecule has 0 bridgehead atoms. The molecule has 1 aromatic rings. The van der Waals surface area contributed by atoms with E-state index in [0.29, 0.717) is 11.3 Å². The van der Waals surface area contributed by atoms with Crippen molar-refractivity contribution in [3.05, 3.63) is 29.6 Å². The van der Waals surface area contributed by atoms with E-state index in [9.17, 15) is 14.0 Å².